The molecule has 0 spiro atoms. The maximum absolute atomic E-state index is 4.40. The first-order chi connectivity index (χ1) is 8.27. The third-order valence-electron chi connectivity index (χ3n) is 2.62. The molecule has 0 aromatic carbocycles. The second kappa shape index (κ2) is 4.16. The first-order valence-electron chi connectivity index (χ1n) is 5.07. The van der Waals surface area contributed by atoms with Crippen molar-refractivity contribution in [1.82, 2.24) is 15.0 Å². The van der Waals surface area contributed by atoms with Gasteiger partial charge < -0.3 is 0 Å². The summed E-state index contributed by atoms with van der Waals surface area (Å²) in [5, 5.41) is 1.12. The summed E-state index contributed by atoms with van der Waals surface area (Å²) in [6.07, 6.45) is 5.17. The standard InChI is InChI=1S/C12H8BrN3S/c1-7-9-10(8-2-4-14-5-3-8)15-6-16-12(9)17-11(7)13/h2-6H,1H3. The average Bonchev–Trinajstić information content (AvgIpc) is 2.66. The van der Waals surface area contributed by atoms with Gasteiger partial charge in [-0.1, -0.05) is 0 Å². The van der Waals surface area contributed by atoms with Crippen LogP contribution in [0, 0.1) is 6.92 Å². The van der Waals surface area contributed by atoms with Gasteiger partial charge in [0.25, 0.3) is 0 Å². The first-order valence-corrected chi connectivity index (χ1v) is 6.68. The molecule has 0 saturated carbocycles. The summed E-state index contributed by atoms with van der Waals surface area (Å²) in [7, 11) is 0. The number of rotatable bonds is 1. The summed E-state index contributed by atoms with van der Waals surface area (Å²) in [6, 6.07) is 3.93. The maximum atomic E-state index is 4.40. The molecule has 17 heavy (non-hydrogen) atoms. The molecule has 0 atom stereocenters. The fourth-order valence-electron chi connectivity index (χ4n) is 1.77. The van der Waals surface area contributed by atoms with E-state index >= 15 is 0 Å². The molecule has 3 aromatic heterocycles. The average molecular weight is 306 g/mol. The lowest BCUT2D eigenvalue weighted by Crippen LogP contribution is -1.87. The number of nitrogens with zero attached hydrogens (tertiary/aromatic N) is 3. The lowest BCUT2D eigenvalue weighted by molar-refractivity contribution is 1.22. The second-order valence-electron chi connectivity index (χ2n) is 3.64. The Morgan fingerprint density at radius 3 is 2.71 bits per heavy atom. The van der Waals surface area contributed by atoms with Crippen LogP contribution in [-0.2, 0) is 0 Å². The molecule has 3 heterocycles. The van der Waals surface area contributed by atoms with Crippen molar-refractivity contribution in [1.29, 1.82) is 0 Å². The van der Waals surface area contributed by atoms with Crippen LogP contribution in [-0.4, -0.2) is 15.0 Å². The molecule has 3 nitrogen and oxygen atoms in total. The third-order valence-corrected chi connectivity index (χ3v) is 4.69. The third kappa shape index (κ3) is 1.75. The highest BCUT2D eigenvalue weighted by molar-refractivity contribution is 9.11. The molecule has 5 heteroatoms. The Morgan fingerprint density at radius 2 is 1.94 bits per heavy atom. The zero-order chi connectivity index (χ0) is 11.8. The SMILES string of the molecule is Cc1c(Br)sc2ncnc(-c3ccncc3)c12. The van der Waals surface area contributed by atoms with Crippen LogP contribution in [0.5, 0.6) is 0 Å². The van der Waals surface area contributed by atoms with Gasteiger partial charge in [-0.05, 0) is 40.5 Å². The monoisotopic (exact) mass is 305 g/mol. The van der Waals surface area contributed by atoms with Crippen molar-refractivity contribution < 1.29 is 0 Å². The van der Waals surface area contributed by atoms with E-state index in [2.05, 4.69) is 37.8 Å². The maximum Gasteiger partial charge on any atom is 0.128 e. The number of hydrogen-bond acceptors (Lipinski definition) is 4. The minimum absolute atomic E-state index is 0.969. The van der Waals surface area contributed by atoms with Gasteiger partial charge in [0.15, 0.2) is 0 Å². The van der Waals surface area contributed by atoms with Gasteiger partial charge in [-0.25, -0.2) is 9.97 Å². The van der Waals surface area contributed by atoms with Crippen LogP contribution in [0.25, 0.3) is 21.5 Å². The van der Waals surface area contributed by atoms with Crippen LogP contribution in [0.3, 0.4) is 0 Å². The van der Waals surface area contributed by atoms with Crippen LogP contribution in [0.1, 0.15) is 5.56 Å². The molecule has 0 unspecified atom stereocenters. The molecule has 3 rings (SSSR count). The normalized spacial score (nSPS) is 10.9. The van der Waals surface area contributed by atoms with E-state index in [1.54, 1.807) is 30.1 Å². The molecule has 0 aliphatic heterocycles. The molecule has 0 fully saturated rings. The van der Waals surface area contributed by atoms with Crippen LogP contribution in [0.2, 0.25) is 0 Å². The summed E-state index contributed by atoms with van der Waals surface area (Å²) < 4.78 is 1.11. The number of fused-ring (bicyclic) bond motifs is 1. The fourth-order valence-corrected chi connectivity index (χ4v) is 3.31. The van der Waals surface area contributed by atoms with Gasteiger partial charge in [0.05, 0.1) is 9.48 Å². The van der Waals surface area contributed by atoms with E-state index in [-0.39, 0.29) is 0 Å². The molecule has 0 saturated heterocycles. The Hall–Kier alpha value is -1.33. The van der Waals surface area contributed by atoms with E-state index in [0.29, 0.717) is 0 Å². The molecule has 0 radical (unpaired) electrons. The summed E-state index contributed by atoms with van der Waals surface area (Å²) in [6.45, 7) is 2.08. The molecule has 84 valence electrons. The summed E-state index contributed by atoms with van der Waals surface area (Å²) in [4.78, 5) is 13.7. The van der Waals surface area contributed by atoms with Crippen LogP contribution >= 0.6 is 27.3 Å². The number of halogens is 1. The van der Waals surface area contributed by atoms with Crippen LogP contribution in [0.4, 0.5) is 0 Å². The largest absolute Gasteiger partial charge is 0.265 e. The molecular formula is C12H8BrN3S. The highest BCUT2D eigenvalue weighted by Crippen LogP contribution is 2.37. The van der Waals surface area contributed by atoms with Crippen molar-refractivity contribution in [2.75, 3.05) is 0 Å². The van der Waals surface area contributed by atoms with E-state index in [9.17, 15) is 0 Å². The zero-order valence-corrected chi connectivity index (χ0v) is 11.4. The Labute approximate surface area is 111 Å². The van der Waals surface area contributed by atoms with Crippen molar-refractivity contribution in [3.05, 3.63) is 40.2 Å². The van der Waals surface area contributed by atoms with Crippen LogP contribution < -0.4 is 0 Å². The predicted octanol–water partition coefficient (Wildman–Crippen LogP) is 3.82. The zero-order valence-electron chi connectivity index (χ0n) is 9.01. The van der Waals surface area contributed by atoms with Gasteiger partial charge in [0, 0.05) is 23.3 Å². The molecule has 0 aliphatic rings. The Kier molecular flexibility index (Phi) is 2.64. The molecule has 0 bridgehead atoms. The highest BCUT2D eigenvalue weighted by Gasteiger charge is 2.13. The highest BCUT2D eigenvalue weighted by atomic mass is 79.9. The molecule has 0 aliphatic carbocycles. The number of hydrogen-bond donors (Lipinski definition) is 0. The van der Waals surface area contributed by atoms with Gasteiger partial charge in [0.1, 0.15) is 11.2 Å². The predicted molar refractivity (Wildman–Crippen MR) is 73.1 cm³/mol. The van der Waals surface area contributed by atoms with Crippen molar-refractivity contribution >= 4 is 37.5 Å². The van der Waals surface area contributed by atoms with Crippen molar-refractivity contribution in [2.45, 2.75) is 6.92 Å². The number of aromatic nitrogens is 3. The molecule has 3 aromatic rings. The van der Waals surface area contributed by atoms with E-state index in [1.165, 1.54) is 5.56 Å². The van der Waals surface area contributed by atoms with Crippen LogP contribution in [0.15, 0.2) is 34.6 Å². The Morgan fingerprint density at radius 1 is 1.18 bits per heavy atom. The summed E-state index contributed by atoms with van der Waals surface area (Å²) >= 11 is 5.19. The van der Waals surface area contributed by atoms with Crippen molar-refractivity contribution in [3.8, 4) is 11.3 Å². The van der Waals surface area contributed by atoms with Gasteiger partial charge in [-0.2, -0.15) is 0 Å². The lowest BCUT2D eigenvalue weighted by Gasteiger charge is -2.02. The molecular weight excluding hydrogens is 298 g/mol. The lowest BCUT2D eigenvalue weighted by atomic mass is 10.1. The van der Waals surface area contributed by atoms with Crippen molar-refractivity contribution in [2.24, 2.45) is 0 Å². The van der Waals surface area contributed by atoms with E-state index in [0.717, 1.165) is 25.3 Å². The van der Waals surface area contributed by atoms with E-state index in [1.807, 2.05) is 12.1 Å². The smallest absolute Gasteiger partial charge is 0.128 e. The Bertz CT molecular complexity index is 679. The Balaban J connectivity index is 2.37. The fraction of sp³-hybridized carbons (Fsp3) is 0.0833. The van der Waals surface area contributed by atoms with Gasteiger partial charge in [-0.15, -0.1) is 11.3 Å². The molecule has 0 N–H and O–H groups in total. The number of thiophene rings is 1. The quantitative estimate of drug-likeness (QED) is 0.686. The topological polar surface area (TPSA) is 38.7 Å². The van der Waals surface area contributed by atoms with E-state index in [4.69, 9.17) is 0 Å². The number of aryl methyl sites for hydroxylation is 1. The number of pyridine rings is 1. The summed E-state index contributed by atoms with van der Waals surface area (Å²) in [5.41, 5.74) is 3.23. The van der Waals surface area contributed by atoms with Gasteiger partial charge >= 0.3 is 0 Å². The van der Waals surface area contributed by atoms with Crippen molar-refractivity contribution in [3.63, 3.8) is 0 Å². The molecule has 0 amide bonds. The second-order valence-corrected chi connectivity index (χ2v) is 5.96. The van der Waals surface area contributed by atoms with Gasteiger partial charge in [0.2, 0.25) is 0 Å². The van der Waals surface area contributed by atoms with E-state index < -0.39 is 0 Å². The minimum atomic E-state index is 0.969. The minimum Gasteiger partial charge on any atom is -0.265 e. The van der Waals surface area contributed by atoms with Gasteiger partial charge in [-0.3, -0.25) is 4.98 Å². The first kappa shape index (κ1) is 10.8. The summed E-state index contributed by atoms with van der Waals surface area (Å²) in [5.74, 6) is 0.